The Labute approximate surface area is 149 Å². The van der Waals surface area contributed by atoms with Gasteiger partial charge in [0, 0.05) is 24.5 Å². The highest BCUT2D eigenvalue weighted by molar-refractivity contribution is 8.16. The molecule has 130 valence electrons. The molecule has 4 rings (SSSR count). The second kappa shape index (κ2) is 8.08. The molecule has 0 spiro atoms. The van der Waals surface area contributed by atoms with Crippen molar-refractivity contribution in [1.82, 2.24) is 9.80 Å². The third-order valence-electron chi connectivity index (χ3n) is 4.71. The second-order valence-corrected chi connectivity index (χ2v) is 7.04. The fourth-order valence-corrected chi connectivity index (χ4v) is 4.46. The number of nitrogen functional groups attached to an aromatic ring is 1. The van der Waals surface area contributed by atoms with Crippen molar-refractivity contribution in [2.45, 2.75) is 39.2 Å². The third-order valence-corrected chi connectivity index (χ3v) is 5.64. The quantitative estimate of drug-likeness (QED) is 0.839. The molecule has 1 fully saturated rings. The Morgan fingerprint density at radius 2 is 1.92 bits per heavy atom. The standard InChI is InChI=1S/C17H22N4S.C2H6/c18-15-6-2-1-5-14(15)16-7-10-21-13(12-22-17(21)19-16)11-20-8-3-4-9-20;1-2/h1-2,5-6,12,16H,3-4,7-11,18H2;1-2H3. The molecule has 5 heteroatoms. The Hall–Kier alpha value is -1.46. The number of amidine groups is 1. The van der Waals surface area contributed by atoms with Gasteiger partial charge in [0.05, 0.1) is 6.04 Å². The largest absolute Gasteiger partial charge is 0.398 e. The lowest BCUT2D eigenvalue weighted by Gasteiger charge is -2.31. The molecule has 3 aliphatic heterocycles. The molecule has 1 aromatic carbocycles. The summed E-state index contributed by atoms with van der Waals surface area (Å²) in [6.45, 7) is 8.60. The number of nitrogens with zero attached hydrogens (tertiary/aromatic N) is 3. The summed E-state index contributed by atoms with van der Waals surface area (Å²) in [6, 6.07) is 8.33. The molecule has 1 saturated heterocycles. The predicted octanol–water partition coefficient (Wildman–Crippen LogP) is 4.08. The highest BCUT2D eigenvalue weighted by atomic mass is 32.2. The van der Waals surface area contributed by atoms with Crippen molar-refractivity contribution in [1.29, 1.82) is 0 Å². The fourth-order valence-electron chi connectivity index (χ4n) is 3.49. The average Bonchev–Trinajstić information content (AvgIpc) is 3.27. The van der Waals surface area contributed by atoms with Gasteiger partial charge in [-0.25, -0.2) is 0 Å². The van der Waals surface area contributed by atoms with E-state index in [0.717, 1.165) is 30.4 Å². The number of aliphatic imine (C=N–C) groups is 1. The summed E-state index contributed by atoms with van der Waals surface area (Å²) in [5.74, 6) is 0. The number of hydrogen-bond donors (Lipinski definition) is 1. The van der Waals surface area contributed by atoms with Crippen LogP contribution < -0.4 is 5.73 Å². The highest BCUT2D eigenvalue weighted by Gasteiger charge is 2.30. The van der Waals surface area contributed by atoms with Crippen molar-refractivity contribution < 1.29 is 0 Å². The first-order chi connectivity index (χ1) is 11.8. The number of para-hydroxylation sites is 1. The number of likely N-dealkylation sites (tertiary alicyclic amines) is 1. The van der Waals surface area contributed by atoms with Crippen LogP contribution in [0.15, 0.2) is 40.4 Å². The van der Waals surface area contributed by atoms with Crippen molar-refractivity contribution in [3.63, 3.8) is 0 Å². The lowest BCUT2D eigenvalue weighted by atomic mass is 10.0. The lowest BCUT2D eigenvalue weighted by Crippen LogP contribution is -2.35. The zero-order valence-corrected chi connectivity index (χ0v) is 15.6. The summed E-state index contributed by atoms with van der Waals surface area (Å²) in [6.07, 6.45) is 3.73. The van der Waals surface area contributed by atoms with Crippen molar-refractivity contribution >= 4 is 22.6 Å². The zero-order chi connectivity index (χ0) is 16.9. The van der Waals surface area contributed by atoms with E-state index in [2.05, 4.69) is 27.3 Å². The first-order valence-electron chi connectivity index (χ1n) is 9.09. The normalized spacial score (nSPS) is 23.2. The average molecular weight is 345 g/mol. The maximum atomic E-state index is 6.12. The molecule has 0 saturated carbocycles. The SMILES string of the molecule is CC.Nc1ccccc1C1CCN2C(CN3CCCC3)=CSC2=N1. The van der Waals surface area contributed by atoms with E-state index in [9.17, 15) is 0 Å². The Morgan fingerprint density at radius 3 is 2.67 bits per heavy atom. The highest BCUT2D eigenvalue weighted by Crippen LogP contribution is 2.37. The van der Waals surface area contributed by atoms with Gasteiger partial charge in [0.2, 0.25) is 0 Å². The van der Waals surface area contributed by atoms with Crippen LogP contribution in [0.3, 0.4) is 0 Å². The molecule has 0 amide bonds. The molecule has 0 radical (unpaired) electrons. The molecule has 24 heavy (non-hydrogen) atoms. The van der Waals surface area contributed by atoms with E-state index in [4.69, 9.17) is 10.7 Å². The van der Waals surface area contributed by atoms with Crippen LogP contribution in [0.4, 0.5) is 5.69 Å². The first-order valence-corrected chi connectivity index (χ1v) is 9.97. The molecular weight excluding hydrogens is 316 g/mol. The summed E-state index contributed by atoms with van der Waals surface area (Å²) in [7, 11) is 0. The van der Waals surface area contributed by atoms with Crippen molar-refractivity contribution in [3.05, 3.63) is 40.9 Å². The first kappa shape index (κ1) is 17.4. The van der Waals surface area contributed by atoms with E-state index in [1.807, 2.05) is 26.0 Å². The van der Waals surface area contributed by atoms with Gasteiger partial charge >= 0.3 is 0 Å². The van der Waals surface area contributed by atoms with Gasteiger partial charge in [0.25, 0.3) is 0 Å². The molecule has 0 aromatic heterocycles. The molecule has 4 nitrogen and oxygen atoms in total. The van der Waals surface area contributed by atoms with Gasteiger partial charge in [-0.1, -0.05) is 43.8 Å². The maximum absolute atomic E-state index is 6.12. The third kappa shape index (κ3) is 3.62. The van der Waals surface area contributed by atoms with Crippen LogP contribution in [0, 0.1) is 0 Å². The number of rotatable bonds is 3. The number of fused-ring (bicyclic) bond motifs is 1. The van der Waals surface area contributed by atoms with E-state index < -0.39 is 0 Å². The van der Waals surface area contributed by atoms with Crippen molar-refractivity contribution in [3.8, 4) is 0 Å². The van der Waals surface area contributed by atoms with Crippen LogP contribution in [-0.4, -0.2) is 41.1 Å². The number of nitrogens with two attached hydrogens (primary N) is 1. The monoisotopic (exact) mass is 344 g/mol. The fraction of sp³-hybridized carbons (Fsp3) is 0.526. The Bertz CT molecular complexity index is 620. The topological polar surface area (TPSA) is 44.9 Å². The molecule has 3 aliphatic rings. The predicted molar refractivity (Wildman–Crippen MR) is 105 cm³/mol. The molecule has 1 unspecified atom stereocenters. The summed E-state index contributed by atoms with van der Waals surface area (Å²) in [4.78, 5) is 9.91. The van der Waals surface area contributed by atoms with Gasteiger partial charge in [0.1, 0.15) is 0 Å². The summed E-state index contributed by atoms with van der Waals surface area (Å²) < 4.78 is 0. The minimum Gasteiger partial charge on any atom is -0.398 e. The molecule has 1 atom stereocenters. The molecule has 0 bridgehead atoms. The molecular formula is C19H28N4S. The summed E-state index contributed by atoms with van der Waals surface area (Å²) >= 11 is 1.77. The zero-order valence-electron chi connectivity index (χ0n) is 14.7. The van der Waals surface area contributed by atoms with Gasteiger partial charge in [-0.15, -0.1) is 0 Å². The Kier molecular flexibility index (Phi) is 5.85. The van der Waals surface area contributed by atoms with E-state index in [0.29, 0.717) is 0 Å². The Balaban J connectivity index is 0.000000815. The minimum absolute atomic E-state index is 0.208. The van der Waals surface area contributed by atoms with E-state index >= 15 is 0 Å². The summed E-state index contributed by atoms with van der Waals surface area (Å²) in [5, 5.41) is 3.43. The minimum atomic E-state index is 0.208. The van der Waals surface area contributed by atoms with E-state index in [-0.39, 0.29) is 6.04 Å². The van der Waals surface area contributed by atoms with Gasteiger partial charge in [0.15, 0.2) is 5.17 Å². The number of benzene rings is 1. The van der Waals surface area contributed by atoms with Gasteiger partial charge < -0.3 is 10.6 Å². The van der Waals surface area contributed by atoms with Gasteiger partial charge in [-0.05, 0) is 49.4 Å². The van der Waals surface area contributed by atoms with Crippen LogP contribution in [0.2, 0.25) is 0 Å². The maximum Gasteiger partial charge on any atom is 0.168 e. The van der Waals surface area contributed by atoms with Crippen molar-refractivity contribution in [2.75, 3.05) is 31.9 Å². The molecule has 0 aliphatic carbocycles. The van der Waals surface area contributed by atoms with Crippen molar-refractivity contribution in [2.24, 2.45) is 4.99 Å². The Morgan fingerprint density at radius 1 is 1.17 bits per heavy atom. The van der Waals surface area contributed by atoms with Gasteiger partial charge in [-0.3, -0.25) is 9.89 Å². The van der Waals surface area contributed by atoms with E-state index in [1.165, 1.54) is 37.2 Å². The molecule has 3 heterocycles. The van der Waals surface area contributed by atoms with Gasteiger partial charge in [-0.2, -0.15) is 0 Å². The smallest absolute Gasteiger partial charge is 0.168 e. The molecule has 1 aromatic rings. The number of hydrogen-bond acceptors (Lipinski definition) is 5. The second-order valence-electron chi connectivity index (χ2n) is 6.21. The number of thioether (sulfide) groups is 1. The van der Waals surface area contributed by atoms with Crippen LogP contribution in [0.1, 0.15) is 44.7 Å². The van der Waals surface area contributed by atoms with Crippen LogP contribution >= 0.6 is 11.8 Å². The number of anilines is 1. The molecule has 2 N–H and O–H groups in total. The van der Waals surface area contributed by atoms with E-state index in [1.54, 1.807) is 11.8 Å². The lowest BCUT2D eigenvalue weighted by molar-refractivity contribution is 0.327. The summed E-state index contributed by atoms with van der Waals surface area (Å²) in [5.41, 5.74) is 9.57. The van der Waals surface area contributed by atoms with Crippen LogP contribution in [0.5, 0.6) is 0 Å². The van der Waals surface area contributed by atoms with Crippen LogP contribution in [-0.2, 0) is 0 Å². The van der Waals surface area contributed by atoms with Crippen LogP contribution in [0.25, 0.3) is 0 Å².